The van der Waals surface area contributed by atoms with Crippen molar-refractivity contribution in [2.75, 3.05) is 20.9 Å². The van der Waals surface area contributed by atoms with Gasteiger partial charge in [-0.25, -0.2) is 0 Å². The number of halogens is 1. The molecule has 0 bridgehead atoms. The quantitative estimate of drug-likeness (QED) is 0.814. The van der Waals surface area contributed by atoms with Crippen LogP contribution >= 0.6 is 0 Å². The smallest absolute Gasteiger partial charge is 0.127 e. The molecule has 0 fully saturated rings. The van der Waals surface area contributed by atoms with E-state index in [4.69, 9.17) is 15.2 Å². The minimum atomic E-state index is -0.456. The zero-order chi connectivity index (χ0) is 11.3. The summed E-state index contributed by atoms with van der Waals surface area (Å²) in [4.78, 5) is 0. The van der Waals surface area contributed by atoms with E-state index in [1.54, 1.807) is 26.4 Å². The van der Waals surface area contributed by atoms with Crippen molar-refractivity contribution in [1.29, 1.82) is 0 Å². The van der Waals surface area contributed by atoms with Crippen molar-refractivity contribution in [2.45, 2.75) is 12.5 Å². The Morgan fingerprint density at radius 2 is 1.80 bits per heavy atom. The molecule has 4 heteroatoms. The molecule has 0 unspecified atom stereocenters. The first-order valence-corrected chi connectivity index (χ1v) is 4.77. The molecule has 1 aromatic carbocycles. The van der Waals surface area contributed by atoms with Crippen LogP contribution in [0.25, 0.3) is 0 Å². The maximum Gasteiger partial charge on any atom is 0.127 e. The minimum absolute atomic E-state index is 0.261. The van der Waals surface area contributed by atoms with E-state index in [-0.39, 0.29) is 6.42 Å². The van der Waals surface area contributed by atoms with Crippen molar-refractivity contribution in [3.8, 4) is 11.5 Å². The molecule has 0 radical (unpaired) electrons. The molecule has 1 aromatic rings. The van der Waals surface area contributed by atoms with Gasteiger partial charge in [0.15, 0.2) is 0 Å². The topological polar surface area (TPSA) is 44.5 Å². The molecular weight excluding hydrogens is 197 g/mol. The Balaban J connectivity index is 3.09. The van der Waals surface area contributed by atoms with E-state index in [1.807, 2.05) is 6.07 Å². The predicted molar refractivity (Wildman–Crippen MR) is 57.1 cm³/mol. The number of methoxy groups -OCH3 is 2. The fourth-order valence-electron chi connectivity index (χ4n) is 1.51. The van der Waals surface area contributed by atoms with Gasteiger partial charge in [-0.15, -0.1) is 0 Å². The van der Waals surface area contributed by atoms with Crippen molar-refractivity contribution >= 4 is 0 Å². The van der Waals surface area contributed by atoms with Gasteiger partial charge in [0.25, 0.3) is 0 Å². The van der Waals surface area contributed by atoms with Gasteiger partial charge in [0.1, 0.15) is 11.5 Å². The van der Waals surface area contributed by atoms with Crippen LogP contribution in [0.4, 0.5) is 4.39 Å². The Morgan fingerprint density at radius 3 is 2.20 bits per heavy atom. The largest absolute Gasteiger partial charge is 0.496 e. The van der Waals surface area contributed by atoms with E-state index in [1.165, 1.54) is 0 Å². The van der Waals surface area contributed by atoms with Crippen molar-refractivity contribution in [2.24, 2.45) is 5.73 Å². The van der Waals surface area contributed by atoms with Crippen LogP contribution in [-0.4, -0.2) is 20.9 Å². The minimum Gasteiger partial charge on any atom is -0.496 e. The van der Waals surface area contributed by atoms with Gasteiger partial charge >= 0.3 is 0 Å². The van der Waals surface area contributed by atoms with Crippen LogP contribution in [0, 0.1) is 0 Å². The molecule has 0 saturated heterocycles. The molecule has 0 aliphatic heterocycles. The fourth-order valence-corrected chi connectivity index (χ4v) is 1.51. The number of benzene rings is 1. The molecule has 0 spiro atoms. The summed E-state index contributed by atoms with van der Waals surface area (Å²) >= 11 is 0. The van der Waals surface area contributed by atoms with Gasteiger partial charge in [-0.2, -0.15) is 0 Å². The molecule has 1 rings (SSSR count). The molecule has 0 saturated carbocycles. The van der Waals surface area contributed by atoms with E-state index < -0.39 is 12.7 Å². The van der Waals surface area contributed by atoms with Gasteiger partial charge in [0.05, 0.1) is 26.5 Å². The number of alkyl halides is 1. The SMILES string of the molecule is COc1cccc(OC)c1[C@@H](N)CCF. The second-order valence-electron chi connectivity index (χ2n) is 3.16. The van der Waals surface area contributed by atoms with Crippen molar-refractivity contribution < 1.29 is 13.9 Å². The maximum absolute atomic E-state index is 12.2. The number of hydrogen-bond acceptors (Lipinski definition) is 3. The summed E-state index contributed by atoms with van der Waals surface area (Å²) in [5.41, 5.74) is 6.58. The van der Waals surface area contributed by atoms with Gasteiger partial charge in [-0.3, -0.25) is 4.39 Å². The molecule has 0 amide bonds. The zero-order valence-corrected chi connectivity index (χ0v) is 9.00. The van der Waals surface area contributed by atoms with E-state index in [0.29, 0.717) is 11.5 Å². The van der Waals surface area contributed by atoms with E-state index in [9.17, 15) is 4.39 Å². The summed E-state index contributed by atoms with van der Waals surface area (Å²) in [7, 11) is 3.11. The summed E-state index contributed by atoms with van der Waals surface area (Å²) in [5.74, 6) is 1.27. The second-order valence-corrected chi connectivity index (χ2v) is 3.16. The molecule has 0 aliphatic rings. The third kappa shape index (κ3) is 2.59. The molecule has 2 N–H and O–H groups in total. The third-order valence-electron chi connectivity index (χ3n) is 2.26. The standard InChI is InChI=1S/C11H16FNO2/c1-14-9-4-3-5-10(15-2)11(9)8(13)6-7-12/h3-5,8H,6-7,13H2,1-2H3/t8-/m0/s1. The van der Waals surface area contributed by atoms with Crippen LogP contribution in [-0.2, 0) is 0 Å². The summed E-state index contributed by atoms with van der Waals surface area (Å²) in [6, 6.07) is 4.98. The lowest BCUT2D eigenvalue weighted by molar-refractivity contribution is 0.369. The van der Waals surface area contributed by atoms with E-state index >= 15 is 0 Å². The van der Waals surface area contributed by atoms with Crippen LogP contribution in [0.5, 0.6) is 11.5 Å². The van der Waals surface area contributed by atoms with Gasteiger partial charge < -0.3 is 15.2 Å². The predicted octanol–water partition coefficient (Wildman–Crippen LogP) is 2.06. The third-order valence-corrected chi connectivity index (χ3v) is 2.26. The highest BCUT2D eigenvalue weighted by atomic mass is 19.1. The molecule has 0 aromatic heterocycles. The highest BCUT2D eigenvalue weighted by molar-refractivity contribution is 5.46. The van der Waals surface area contributed by atoms with Crippen LogP contribution in [0.1, 0.15) is 18.0 Å². The van der Waals surface area contributed by atoms with Gasteiger partial charge in [0.2, 0.25) is 0 Å². The first-order chi connectivity index (χ1) is 7.24. The molecular formula is C11H16FNO2. The van der Waals surface area contributed by atoms with E-state index in [2.05, 4.69) is 0 Å². The normalized spacial score (nSPS) is 12.3. The highest BCUT2D eigenvalue weighted by Gasteiger charge is 2.16. The lowest BCUT2D eigenvalue weighted by Crippen LogP contribution is -2.13. The highest BCUT2D eigenvalue weighted by Crippen LogP contribution is 2.34. The number of hydrogen-bond donors (Lipinski definition) is 1. The zero-order valence-electron chi connectivity index (χ0n) is 9.00. The maximum atomic E-state index is 12.2. The first kappa shape index (κ1) is 11.8. The summed E-state index contributed by atoms with van der Waals surface area (Å²) in [6.07, 6.45) is 0.261. The Labute approximate surface area is 89.0 Å². The summed E-state index contributed by atoms with van der Waals surface area (Å²) < 4.78 is 22.6. The fraction of sp³-hybridized carbons (Fsp3) is 0.455. The van der Waals surface area contributed by atoms with E-state index in [0.717, 1.165) is 5.56 Å². The van der Waals surface area contributed by atoms with Gasteiger partial charge in [-0.05, 0) is 18.6 Å². The molecule has 15 heavy (non-hydrogen) atoms. The average Bonchev–Trinajstić information content (AvgIpc) is 2.28. The Hall–Kier alpha value is -1.29. The Morgan fingerprint density at radius 1 is 1.27 bits per heavy atom. The molecule has 3 nitrogen and oxygen atoms in total. The monoisotopic (exact) mass is 213 g/mol. The second kappa shape index (κ2) is 5.56. The number of ether oxygens (including phenoxy) is 2. The molecule has 0 heterocycles. The first-order valence-electron chi connectivity index (χ1n) is 4.77. The van der Waals surface area contributed by atoms with Crippen LogP contribution in [0.15, 0.2) is 18.2 Å². The molecule has 1 atom stereocenters. The van der Waals surface area contributed by atoms with Gasteiger partial charge in [0, 0.05) is 6.04 Å². The number of nitrogens with two attached hydrogens (primary N) is 1. The van der Waals surface area contributed by atoms with Crippen molar-refractivity contribution in [3.63, 3.8) is 0 Å². The summed E-state index contributed by atoms with van der Waals surface area (Å²) in [6.45, 7) is -0.456. The Kier molecular flexibility index (Phi) is 4.37. The van der Waals surface area contributed by atoms with Crippen molar-refractivity contribution in [3.05, 3.63) is 23.8 Å². The number of rotatable bonds is 5. The lowest BCUT2D eigenvalue weighted by Gasteiger charge is -2.17. The van der Waals surface area contributed by atoms with Crippen LogP contribution < -0.4 is 15.2 Å². The Bertz CT molecular complexity index is 295. The van der Waals surface area contributed by atoms with Crippen LogP contribution in [0.3, 0.4) is 0 Å². The average molecular weight is 213 g/mol. The summed E-state index contributed by atoms with van der Waals surface area (Å²) in [5, 5.41) is 0. The molecule has 84 valence electrons. The molecule has 0 aliphatic carbocycles. The van der Waals surface area contributed by atoms with Crippen LogP contribution in [0.2, 0.25) is 0 Å². The van der Waals surface area contributed by atoms with Crippen molar-refractivity contribution in [1.82, 2.24) is 0 Å². The lowest BCUT2D eigenvalue weighted by atomic mass is 10.0. The van der Waals surface area contributed by atoms with Gasteiger partial charge in [-0.1, -0.05) is 6.07 Å².